The zero-order valence-electron chi connectivity index (χ0n) is 12.0. The number of rotatable bonds is 3. The Kier molecular flexibility index (Phi) is 4.74. The Morgan fingerprint density at radius 3 is 2.75 bits per heavy atom. The summed E-state index contributed by atoms with van der Waals surface area (Å²) in [5, 5.41) is 6.08. The average molecular weight is 275 g/mol. The summed E-state index contributed by atoms with van der Waals surface area (Å²) in [5.74, 6) is -0.101. The molecule has 0 spiro atoms. The van der Waals surface area contributed by atoms with Gasteiger partial charge in [-0.2, -0.15) is 0 Å². The SMILES string of the molecule is CN(C)C(=O)c1cccc(NC(=O)C2CCCCN2)c1. The van der Waals surface area contributed by atoms with E-state index in [9.17, 15) is 9.59 Å². The van der Waals surface area contributed by atoms with E-state index < -0.39 is 0 Å². The fourth-order valence-corrected chi connectivity index (χ4v) is 2.29. The molecule has 108 valence electrons. The molecule has 5 nitrogen and oxygen atoms in total. The Morgan fingerprint density at radius 1 is 1.30 bits per heavy atom. The van der Waals surface area contributed by atoms with Crippen molar-refractivity contribution < 1.29 is 9.59 Å². The molecule has 0 radical (unpaired) electrons. The molecule has 1 heterocycles. The number of carbonyl (C=O) groups is 2. The van der Waals surface area contributed by atoms with Crippen molar-refractivity contribution in [2.45, 2.75) is 25.3 Å². The molecule has 1 aliphatic rings. The number of benzene rings is 1. The molecule has 0 aromatic heterocycles. The first kappa shape index (κ1) is 14.5. The Morgan fingerprint density at radius 2 is 2.10 bits per heavy atom. The second-order valence-electron chi connectivity index (χ2n) is 5.27. The minimum atomic E-state index is -0.128. The molecule has 2 rings (SSSR count). The van der Waals surface area contributed by atoms with Gasteiger partial charge in [0.15, 0.2) is 0 Å². The molecule has 20 heavy (non-hydrogen) atoms. The third-order valence-corrected chi connectivity index (χ3v) is 3.41. The van der Waals surface area contributed by atoms with Gasteiger partial charge in [-0.05, 0) is 37.6 Å². The van der Waals surface area contributed by atoms with Crippen molar-refractivity contribution in [3.8, 4) is 0 Å². The van der Waals surface area contributed by atoms with Gasteiger partial charge in [-0.3, -0.25) is 9.59 Å². The van der Waals surface area contributed by atoms with Crippen molar-refractivity contribution >= 4 is 17.5 Å². The summed E-state index contributed by atoms with van der Waals surface area (Å²) in [4.78, 5) is 25.5. The van der Waals surface area contributed by atoms with Crippen LogP contribution in [-0.4, -0.2) is 43.4 Å². The zero-order valence-corrected chi connectivity index (χ0v) is 12.0. The van der Waals surface area contributed by atoms with E-state index in [0.29, 0.717) is 11.3 Å². The summed E-state index contributed by atoms with van der Waals surface area (Å²) in [6.45, 7) is 0.886. The summed E-state index contributed by atoms with van der Waals surface area (Å²) in [5.41, 5.74) is 1.24. The largest absolute Gasteiger partial charge is 0.345 e. The van der Waals surface area contributed by atoms with Crippen LogP contribution in [0.2, 0.25) is 0 Å². The lowest BCUT2D eigenvalue weighted by Crippen LogP contribution is -2.43. The minimum absolute atomic E-state index is 0.0286. The highest BCUT2D eigenvalue weighted by Crippen LogP contribution is 2.14. The molecular formula is C15H21N3O2. The molecule has 1 aromatic carbocycles. The van der Waals surface area contributed by atoms with Crippen LogP contribution in [0.15, 0.2) is 24.3 Å². The molecule has 1 aliphatic heterocycles. The van der Waals surface area contributed by atoms with Crippen LogP contribution < -0.4 is 10.6 Å². The first-order chi connectivity index (χ1) is 9.58. The van der Waals surface area contributed by atoms with Crippen LogP contribution in [0.25, 0.3) is 0 Å². The highest BCUT2D eigenvalue weighted by molar-refractivity contribution is 5.98. The molecule has 5 heteroatoms. The normalized spacial score (nSPS) is 18.4. The van der Waals surface area contributed by atoms with Crippen LogP contribution in [0.5, 0.6) is 0 Å². The van der Waals surface area contributed by atoms with Crippen molar-refractivity contribution in [1.82, 2.24) is 10.2 Å². The standard InChI is InChI=1S/C15H21N3O2/c1-18(2)15(20)11-6-5-7-12(10-11)17-14(19)13-8-3-4-9-16-13/h5-7,10,13,16H,3-4,8-9H2,1-2H3,(H,17,19). The van der Waals surface area contributed by atoms with Gasteiger partial charge >= 0.3 is 0 Å². The molecular weight excluding hydrogens is 254 g/mol. The number of hydrogen-bond donors (Lipinski definition) is 2. The summed E-state index contributed by atoms with van der Waals surface area (Å²) >= 11 is 0. The topological polar surface area (TPSA) is 61.4 Å². The highest BCUT2D eigenvalue weighted by atomic mass is 16.2. The van der Waals surface area contributed by atoms with E-state index in [1.54, 1.807) is 38.4 Å². The van der Waals surface area contributed by atoms with Gasteiger partial charge in [0.2, 0.25) is 5.91 Å². The van der Waals surface area contributed by atoms with Gasteiger partial charge < -0.3 is 15.5 Å². The van der Waals surface area contributed by atoms with Crippen LogP contribution >= 0.6 is 0 Å². The molecule has 1 unspecified atom stereocenters. The van der Waals surface area contributed by atoms with Crippen LogP contribution in [0, 0.1) is 0 Å². The van der Waals surface area contributed by atoms with Crippen LogP contribution in [0.4, 0.5) is 5.69 Å². The van der Waals surface area contributed by atoms with Gasteiger partial charge in [0.25, 0.3) is 5.91 Å². The van der Waals surface area contributed by atoms with E-state index in [0.717, 1.165) is 25.8 Å². The lowest BCUT2D eigenvalue weighted by molar-refractivity contribution is -0.118. The van der Waals surface area contributed by atoms with Gasteiger partial charge in [-0.15, -0.1) is 0 Å². The molecule has 1 saturated heterocycles. The average Bonchev–Trinajstić information content (AvgIpc) is 2.47. The van der Waals surface area contributed by atoms with Crippen LogP contribution in [0.1, 0.15) is 29.6 Å². The lowest BCUT2D eigenvalue weighted by atomic mass is 10.0. The number of carbonyl (C=O) groups excluding carboxylic acids is 2. The molecule has 2 N–H and O–H groups in total. The zero-order chi connectivity index (χ0) is 14.5. The molecule has 0 bridgehead atoms. The maximum absolute atomic E-state index is 12.1. The van der Waals surface area contributed by atoms with Crippen LogP contribution in [-0.2, 0) is 4.79 Å². The van der Waals surface area contributed by atoms with E-state index >= 15 is 0 Å². The fourth-order valence-electron chi connectivity index (χ4n) is 2.29. The molecule has 0 saturated carbocycles. The summed E-state index contributed by atoms with van der Waals surface area (Å²) in [7, 11) is 3.42. The third-order valence-electron chi connectivity index (χ3n) is 3.41. The quantitative estimate of drug-likeness (QED) is 0.878. The van der Waals surface area contributed by atoms with Crippen molar-refractivity contribution in [2.75, 3.05) is 26.0 Å². The number of nitrogens with one attached hydrogen (secondary N) is 2. The van der Waals surface area contributed by atoms with Gasteiger partial charge in [-0.25, -0.2) is 0 Å². The molecule has 0 aliphatic carbocycles. The fraction of sp³-hybridized carbons (Fsp3) is 0.467. The maximum Gasteiger partial charge on any atom is 0.253 e. The highest BCUT2D eigenvalue weighted by Gasteiger charge is 2.20. The van der Waals surface area contributed by atoms with E-state index in [-0.39, 0.29) is 17.9 Å². The van der Waals surface area contributed by atoms with Crippen molar-refractivity contribution in [3.63, 3.8) is 0 Å². The van der Waals surface area contributed by atoms with Gasteiger partial charge in [0, 0.05) is 25.3 Å². The Hall–Kier alpha value is -1.88. The molecule has 1 aromatic rings. The second kappa shape index (κ2) is 6.52. The summed E-state index contributed by atoms with van der Waals surface area (Å²) < 4.78 is 0. The van der Waals surface area contributed by atoms with E-state index in [1.807, 2.05) is 0 Å². The third kappa shape index (κ3) is 3.57. The lowest BCUT2D eigenvalue weighted by Gasteiger charge is -2.22. The smallest absolute Gasteiger partial charge is 0.253 e. The van der Waals surface area contributed by atoms with Crippen molar-refractivity contribution in [2.24, 2.45) is 0 Å². The van der Waals surface area contributed by atoms with Gasteiger partial charge in [0.1, 0.15) is 0 Å². The summed E-state index contributed by atoms with van der Waals surface area (Å²) in [6.07, 6.45) is 3.06. The van der Waals surface area contributed by atoms with E-state index in [4.69, 9.17) is 0 Å². The Balaban J connectivity index is 2.04. The number of hydrogen-bond acceptors (Lipinski definition) is 3. The Bertz CT molecular complexity index is 494. The molecule has 2 amide bonds. The number of anilines is 1. The minimum Gasteiger partial charge on any atom is -0.345 e. The number of amides is 2. The van der Waals surface area contributed by atoms with Gasteiger partial charge in [0.05, 0.1) is 6.04 Å². The Labute approximate surface area is 119 Å². The number of nitrogens with zero attached hydrogens (tertiary/aromatic N) is 1. The van der Waals surface area contributed by atoms with Crippen molar-refractivity contribution in [1.29, 1.82) is 0 Å². The molecule has 1 fully saturated rings. The monoisotopic (exact) mass is 275 g/mol. The van der Waals surface area contributed by atoms with Gasteiger partial charge in [-0.1, -0.05) is 12.5 Å². The van der Waals surface area contributed by atoms with Crippen LogP contribution in [0.3, 0.4) is 0 Å². The predicted molar refractivity (Wildman–Crippen MR) is 78.7 cm³/mol. The maximum atomic E-state index is 12.1. The summed E-state index contributed by atoms with van der Waals surface area (Å²) in [6, 6.07) is 6.91. The first-order valence-corrected chi connectivity index (χ1v) is 6.94. The second-order valence-corrected chi connectivity index (χ2v) is 5.27. The number of piperidine rings is 1. The van der Waals surface area contributed by atoms with E-state index in [1.165, 1.54) is 4.90 Å². The first-order valence-electron chi connectivity index (χ1n) is 6.94. The molecule has 1 atom stereocenters. The van der Waals surface area contributed by atoms with Crippen molar-refractivity contribution in [3.05, 3.63) is 29.8 Å². The van der Waals surface area contributed by atoms with E-state index in [2.05, 4.69) is 10.6 Å². The predicted octanol–water partition coefficient (Wildman–Crippen LogP) is 1.47.